The minimum absolute atomic E-state index is 0.219. The van der Waals surface area contributed by atoms with Crippen LogP contribution in [-0.4, -0.2) is 25.2 Å². The van der Waals surface area contributed by atoms with E-state index < -0.39 is 11.9 Å². The number of hydrogen-bond acceptors (Lipinski definition) is 4. The number of rotatable bonds is 7. The summed E-state index contributed by atoms with van der Waals surface area (Å²) in [6.45, 7) is 3.96. The van der Waals surface area contributed by atoms with Gasteiger partial charge < -0.3 is 9.47 Å². The summed E-state index contributed by atoms with van der Waals surface area (Å²) < 4.78 is 10.8. The lowest BCUT2D eigenvalue weighted by molar-refractivity contribution is 0.0513. The van der Waals surface area contributed by atoms with Crippen molar-refractivity contribution in [2.75, 3.05) is 13.2 Å². The fourth-order valence-corrected chi connectivity index (χ4v) is 4.31. The number of carbonyl (C=O) groups excluding carboxylic acids is 2. The van der Waals surface area contributed by atoms with Crippen molar-refractivity contribution in [2.45, 2.75) is 13.8 Å². The number of benzene rings is 4. The van der Waals surface area contributed by atoms with Crippen LogP contribution >= 0.6 is 11.6 Å². The van der Waals surface area contributed by atoms with Gasteiger partial charge in [-0.25, -0.2) is 9.59 Å². The second kappa shape index (κ2) is 11.0. The summed E-state index contributed by atoms with van der Waals surface area (Å²) in [5, 5.41) is 0.463. The SMILES string of the molecule is CCOC(=O)c1cc(-c2ccccc2-c2ccccc2)c(C(=O)OCC)cc1-c1ccccc1Cl. The van der Waals surface area contributed by atoms with Crippen molar-refractivity contribution >= 4 is 23.5 Å². The molecule has 0 spiro atoms. The largest absolute Gasteiger partial charge is 0.462 e. The Morgan fingerprint density at radius 1 is 0.600 bits per heavy atom. The molecule has 0 N–H and O–H groups in total. The third-order valence-electron chi connectivity index (χ3n) is 5.61. The lowest BCUT2D eigenvalue weighted by atomic mass is 9.87. The molecule has 0 bridgehead atoms. The van der Waals surface area contributed by atoms with E-state index in [-0.39, 0.29) is 13.2 Å². The number of ether oxygens (including phenoxy) is 2. The second-order valence-corrected chi connectivity index (χ2v) is 8.18. The molecule has 35 heavy (non-hydrogen) atoms. The van der Waals surface area contributed by atoms with Gasteiger partial charge in [-0.15, -0.1) is 0 Å². The Morgan fingerprint density at radius 3 is 1.60 bits per heavy atom. The molecule has 0 aromatic heterocycles. The molecular weight excluding hydrogens is 460 g/mol. The molecule has 4 rings (SSSR count). The zero-order valence-corrected chi connectivity index (χ0v) is 20.3. The van der Waals surface area contributed by atoms with Gasteiger partial charge in [0.2, 0.25) is 0 Å². The molecule has 0 saturated carbocycles. The smallest absolute Gasteiger partial charge is 0.338 e. The summed E-state index contributed by atoms with van der Waals surface area (Å²) >= 11 is 6.50. The van der Waals surface area contributed by atoms with Crippen LogP contribution in [-0.2, 0) is 9.47 Å². The standard InChI is InChI=1S/C30H25ClO4/c1-3-34-29(32)26-19-25(23-16-10-11-17-28(23)31)27(30(33)35-4-2)18-24(26)22-15-9-8-14-21(22)20-12-6-5-7-13-20/h5-19H,3-4H2,1-2H3. The van der Waals surface area contributed by atoms with Crippen molar-refractivity contribution in [3.05, 3.63) is 107 Å². The van der Waals surface area contributed by atoms with Gasteiger partial charge in [-0.2, -0.15) is 0 Å². The molecule has 5 heteroatoms. The Labute approximate surface area is 210 Å². The van der Waals surface area contributed by atoms with Crippen LogP contribution < -0.4 is 0 Å². The molecule has 4 aromatic rings. The normalized spacial score (nSPS) is 10.6. The monoisotopic (exact) mass is 484 g/mol. The first kappa shape index (κ1) is 24.2. The van der Waals surface area contributed by atoms with Gasteiger partial charge in [-0.3, -0.25) is 0 Å². The Morgan fingerprint density at radius 2 is 1.06 bits per heavy atom. The highest BCUT2D eigenvalue weighted by molar-refractivity contribution is 6.33. The lowest BCUT2D eigenvalue weighted by Crippen LogP contribution is -2.12. The molecule has 0 atom stereocenters. The highest BCUT2D eigenvalue weighted by Gasteiger charge is 2.24. The van der Waals surface area contributed by atoms with Crippen molar-refractivity contribution in [1.82, 2.24) is 0 Å². The molecule has 0 aliphatic rings. The summed E-state index contributed by atoms with van der Waals surface area (Å²) in [5.41, 5.74) is 5.12. The third-order valence-corrected chi connectivity index (χ3v) is 5.94. The quantitative estimate of drug-likeness (QED) is 0.252. The topological polar surface area (TPSA) is 52.6 Å². The third kappa shape index (κ3) is 5.13. The maximum atomic E-state index is 13.2. The molecule has 0 aliphatic carbocycles. The van der Waals surface area contributed by atoms with Crippen molar-refractivity contribution < 1.29 is 19.1 Å². The minimum atomic E-state index is -0.490. The van der Waals surface area contributed by atoms with E-state index in [9.17, 15) is 9.59 Å². The predicted molar refractivity (Wildman–Crippen MR) is 140 cm³/mol. The molecule has 0 amide bonds. The summed E-state index contributed by atoms with van der Waals surface area (Å²) in [7, 11) is 0. The first-order valence-electron chi connectivity index (χ1n) is 11.5. The van der Waals surface area contributed by atoms with Gasteiger partial charge >= 0.3 is 11.9 Å². The highest BCUT2D eigenvalue weighted by Crippen LogP contribution is 2.39. The summed E-state index contributed by atoms with van der Waals surface area (Å²) in [5.74, 6) is -0.967. The fraction of sp³-hybridized carbons (Fsp3) is 0.133. The highest BCUT2D eigenvalue weighted by atomic mass is 35.5. The van der Waals surface area contributed by atoms with Crippen LogP contribution in [0, 0.1) is 0 Å². The Bertz CT molecular complexity index is 1360. The van der Waals surface area contributed by atoms with Crippen LogP contribution in [0.1, 0.15) is 34.6 Å². The van der Waals surface area contributed by atoms with E-state index in [0.717, 1.165) is 16.7 Å². The molecule has 0 unspecified atom stereocenters. The van der Waals surface area contributed by atoms with E-state index in [1.54, 1.807) is 32.0 Å². The molecule has 0 radical (unpaired) electrons. The molecule has 0 fully saturated rings. The molecule has 0 saturated heterocycles. The Balaban J connectivity index is 2.05. The zero-order chi connectivity index (χ0) is 24.8. The van der Waals surface area contributed by atoms with Crippen LogP contribution in [0.4, 0.5) is 0 Å². The average molecular weight is 485 g/mol. The van der Waals surface area contributed by atoms with Crippen LogP contribution in [0.3, 0.4) is 0 Å². The molecule has 0 aliphatic heterocycles. The number of esters is 2. The summed E-state index contributed by atoms with van der Waals surface area (Å²) in [6.07, 6.45) is 0. The lowest BCUT2D eigenvalue weighted by Gasteiger charge is -2.18. The van der Waals surface area contributed by atoms with Crippen molar-refractivity contribution in [2.24, 2.45) is 0 Å². The Hall–Kier alpha value is -3.89. The van der Waals surface area contributed by atoms with Gasteiger partial charge in [0.1, 0.15) is 0 Å². The number of halogens is 1. The van der Waals surface area contributed by atoms with Gasteiger partial charge in [0.05, 0.1) is 24.3 Å². The molecular formula is C30H25ClO4. The van der Waals surface area contributed by atoms with Crippen LogP contribution in [0.25, 0.3) is 33.4 Å². The second-order valence-electron chi connectivity index (χ2n) is 7.78. The Kier molecular flexibility index (Phi) is 7.64. The first-order chi connectivity index (χ1) is 17.0. The number of carbonyl (C=O) groups is 2. The van der Waals surface area contributed by atoms with E-state index in [1.165, 1.54) is 0 Å². The minimum Gasteiger partial charge on any atom is -0.462 e. The molecule has 0 heterocycles. The zero-order valence-electron chi connectivity index (χ0n) is 19.6. The van der Waals surface area contributed by atoms with E-state index >= 15 is 0 Å². The van der Waals surface area contributed by atoms with Crippen LogP contribution in [0.5, 0.6) is 0 Å². The predicted octanol–water partition coefficient (Wildman–Crippen LogP) is 7.69. The van der Waals surface area contributed by atoms with Gasteiger partial charge in [0.15, 0.2) is 0 Å². The molecule has 176 valence electrons. The van der Waals surface area contributed by atoms with E-state index in [4.69, 9.17) is 21.1 Å². The van der Waals surface area contributed by atoms with Gasteiger partial charge in [-0.05, 0) is 59.9 Å². The summed E-state index contributed by atoms with van der Waals surface area (Å²) in [6, 6.07) is 28.3. The van der Waals surface area contributed by atoms with Gasteiger partial charge in [0.25, 0.3) is 0 Å². The first-order valence-corrected chi connectivity index (χ1v) is 11.8. The molecule has 4 aromatic carbocycles. The van der Waals surface area contributed by atoms with Gasteiger partial charge in [-0.1, -0.05) is 84.4 Å². The maximum absolute atomic E-state index is 13.2. The van der Waals surface area contributed by atoms with Crippen LogP contribution in [0.15, 0.2) is 91.0 Å². The van der Waals surface area contributed by atoms with E-state index in [0.29, 0.717) is 32.8 Å². The van der Waals surface area contributed by atoms with Crippen molar-refractivity contribution in [1.29, 1.82) is 0 Å². The van der Waals surface area contributed by atoms with Gasteiger partial charge in [0, 0.05) is 10.6 Å². The van der Waals surface area contributed by atoms with Crippen LogP contribution in [0.2, 0.25) is 5.02 Å². The number of hydrogen-bond donors (Lipinski definition) is 0. The van der Waals surface area contributed by atoms with E-state index in [2.05, 4.69) is 0 Å². The average Bonchev–Trinajstić information content (AvgIpc) is 2.89. The maximum Gasteiger partial charge on any atom is 0.338 e. The molecule has 4 nitrogen and oxygen atoms in total. The summed E-state index contributed by atoms with van der Waals surface area (Å²) in [4.78, 5) is 26.3. The van der Waals surface area contributed by atoms with E-state index in [1.807, 2.05) is 72.8 Å². The van der Waals surface area contributed by atoms with Crippen molar-refractivity contribution in [3.8, 4) is 33.4 Å². The van der Waals surface area contributed by atoms with Crippen molar-refractivity contribution in [3.63, 3.8) is 0 Å². The fourth-order valence-electron chi connectivity index (χ4n) is 4.07.